The summed E-state index contributed by atoms with van der Waals surface area (Å²) in [6, 6.07) is 10.9. The van der Waals surface area contributed by atoms with Crippen molar-refractivity contribution in [2.24, 2.45) is 13.0 Å². The molecule has 6 rings (SSSR count). The minimum absolute atomic E-state index is 0.208. The molecule has 1 amide bonds. The normalized spacial score (nSPS) is 14.2. The van der Waals surface area contributed by atoms with E-state index in [0.29, 0.717) is 36.2 Å². The first kappa shape index (κ1) is 41.2. The van der Waals surface area contributed by atoms with Gasteiger partial charge in [-0.15, -0.1) is 0 Å². The molecule has 2 aromatic carbocycles. The molecule has 1 aliphatic rings. The SMILES string of the molecule is CCN1CCC(CNC(=O)c2ccc(S(=O)NC)o2)CC1.Cc1cc(OCCCc2c(C=O)[nH]c3c(-c4c(C)nn(C)c4C)c(Cl)ccc23)cc(C)c1Cl. The number of carbonyl (C=O) groups excluding carboxylic acids is 2. The number of H-pyrrole nitrogens is 1. The van der Waals surface area contributed by atoms with Gasteiger partial charge in [0.25, 0.3) is 5.91 Å². The molecule has 0 aliphatic carbocycles. The zero-order valence-corrected chi connectivity index (χ0v) is 34.4. The number of piperidine rings is 1. The Labute approximate surface area is 329 Å². The first-order chi connectivity index (χ1) is 25.9. The van der Waals surface area contributed by atoms with Gasteiger partial charge < -0.3 is 24.4 Å². The van der Waals surface area contributed by atoms with Crippen molar-refractivity contribution in [1.82, 2.24) is 29.7 Å². The largest absolute Gasteiger partial charge is 0.494 e. The Morgan fingerprint density at radius 2 is 1.80 bits per heavy atom. The number of nitrogens with zero attached hydrogens (tertiary/aromatic N) is 3. The van der Waals surface area contributed by atoms with Crippen LogP contribution in [0.15, 0.2) is 45.9 Å². The molecule has 54 heavy (non-hydrogen) atoms. The van der Waals surface area contributed by atoms with Crippen molar-refractivity contribution < 1.29 is 23.0 Å². The molecule has 0 spiro atoms. The summed E-state index contributed by atoms with van der Waals surface area (Å²) in [6.07, 6.45) is 4.56. The van der Waals surface area contributed by atoms with Crippen LogP contribution in [0.4, 0.5) is 0 Å². The Kier molecular flexibility index (Phi) is 14.2. The topological polar surface area (TPSA) is 134 Å². The number of nitrogens with one attached hydrogen (secondary N) is 3. The fraction of sp³-hybridized carbons (Fsp3) is 0.425. The van der Waals surface area contributed by atoms with Crippen molar-refractivity contribution in [3.05, 3.63) is 86.0 Å². The van der Waals surface area contributed by atoms with Crippen LogP contribution in [0.1, 0.15) is 75.3 Å². The summed E-state index contributed by atoms with van der Waals surface area (Å²) in [4.78, 5) is 29.6. The molecule has 1 aliphatic heterocycles. The predicted molar refractivity (Wildman–Crippen MR) is 216 cm³/mol. The molecule has 0 radical (unpaired) electrons. The summed E-state index contributed by atoms with van der Waals surface area (Å²) in [7, 11) is 2.09. The quantitative estimate of drug-likeness (QED) is 0.0815. The highest BCUT2D eigenvalue weighted by molar-refractivity contribution is 7.82. The number of aryl methyl sites for hydroxylation is 5. The maximum Gasteiger partial charge on any atom is 0.287 e. The number of hydrogen-bond donors (Lipinski definition) is 3. The van der Waals surface area contributed by atoms with Crippen LogP contribution in [0.2, 0.25) is 10.0 Å². The smallest absolute Gasteiger partial charge is 0.287 e. The molecule has 3 N–H and O–H groups in total. The fourth-order valence-corrected chi connectivity index (χ4v) is 7.88. The Hall–Kier alpha value is -3.94. The number of benzene rings is 2. The minimum atomic E-state index is -1.40. The molecule has 1 unspecified atom stereocenters. The van der Waals surface area contributed by atoms with E-state index in [9.17, 15) is 13.8 Å². The third kappa shape index (κ3) is 9.46. The van der Waals surface area contributed by atoms with Gasteiger partial charge in [0.05, 0.1) is 28.5 Å². The molecule has 4 heterocycles. The monoisotopic (exact) mass is 796 g/mol. The van der Waals surface area contributed by atoms with Crippen molar-refractivity contribution in [2.45, 2.75) is 65.4 Å². The Balaban J connectivity index is 0.000000230. The number of carbonyl (C=O) groups is 2. The Morgan fingerprint density at radius 1 is 1.09 bits per heavy atom. The zero-order valence-electron chi connectivity index (χ0n) is 32.0. The van der Waals surface area contributed by atoms with E-state index in [4.69, 9.17) is 32.4 Å². The summed E-state index contributed by atoms with van der Waals surface area (Å²) in [5.74, 6) is 1.30. The van der Waals surface area contributed by atoms with Gasteiger partial charge in [0.15, 0.2) is 23.0 Å². The number of furan rings is 1. The van der Waals surface area contributed by atoms with Gasteiger partial charge in [-0.1, -0.05) is 36.2 Å². The van der Waals surface area contributed by atoms with Crippen molar-refractivity contribution in [3.8, 4) is 16.9 Å². The number of rotatable bonds is 13. The highest BCUT2D eigenvalue weighted by Crippen LogP contribution is 2.40. The van der Waals surface area contributed by atoms with Crippen LogP contribution >= 0.6 is 23.2 Å². The number of ether oxygens (including phenoxy) is 1. The van der Waals surface area contributed by atoms with E-state index in [1.54, 1.807) is 19.2 Å². The molecule has 14 heteroatoms. The van der Waals surface area contributed by atoms with Crippen molar-refractivity contribution >= 4 is 57.3 Å². The molecular weight excluding hydrogens is 747 g/mol. The average Bonchev–Trinajstić information content (AvgIpc) is 3.87. The molecule has 11 nitrogen and oxygen atoms in total. The lowest BCUT2D eigenvalue weighted by Gasteiger charge is -2.30. The highest BCUT2D eigenvalue weighted by Gasteiger charge is 2.22. The third-order valence-electron chi connectivity index (χ3n) is 10.1. The Morgan fingerprint density at radius 3 is 2.41 bits per heavy atom. The first-order valence-corrected chi connectivity index (χ1v) is 20.1. The van der Waals surface area contributed by atoms with Gasteiger partial charge in [-0.05, 0) is 133 Å². The molecule has 1 fully saturated rings. The number of likely N-dealkylation sites (tertiary alicyclic amines) is 1. The molecular formula is C40H50Cl2N6O5S. The molecule has 1 atom stereocenters. The maximum absolute atomic E-state index is 12.0. The van der Waals surface area contributed by atoms with E-state index in [-0.39, 0.29) is 16.8 Å². The second kappa shape index (κ2) is 18.6. The minimum Gasteiger partial charge on any atom is -0.494 e. The van der Waals surface area contributed by atoms with Gasteiger partial charge in [-0.2, -0.15) is 5.10 Å². The predicted octanol–water partition coefficient (Wildman–Crippen LogP) is 7.92. The van der Waals surface area contributed by atoms with Gasteiger partial charge in [-0.3, -0.25) is 14.3 Å². The van der Waals surface area contributed by atoms with Gasteiger partial charge in [0.2, 0.25) is 5.09 Å². The maximum atomic E-state index is 12.0. The zero-order chi connectivity index (χ0) is 39.1. The second-order valence-electron chi connectivity index (χ2n) is 13.7. The first-order valence-electron chi connectivity index (χ1n) is 18.2. The van der Waals surface area contributed by atoms with E-state index in [1.165, 1.54) is 0 Å². The molecule has 0 bridgehead atoms. The summed E-state index contributed by atoms with van der Waals surface area (Å²) >= 11 is 12.9. The summed E-state index contributed by atoms with van der Waals surface area (Å²) in [6.45, 7) is 14.6. The van der Waals surface area contributed by atoms with Crippen molar-refractivity contribution in [1.29, 1.82) is 0 Å². The van der Waals surface area contributed by atoms with Gasteiger partial charge >= 0.3 is 0 Å². The molecule has 1 saturated heterocycles. The van der Waals surface area contributed by atoms with Crippen LogP contribution in [0.25, 0.3) is 22.0 Å². The number of aromatic amines is 1. The number of aromatic nitrogens is 3. The number of aldehydes is 1. The molecule has 3 aromatic heterocycles. The standard InChI is InChI=1S/C26H27Cl2N3O2.C14H23N3O3S/c1-14-11-18(12-15(2)25(14)28)33-10-6-7-19-20-8-9-21(27)24(26(20)29-22(19)13-32)23-16(3)30-31(5)17(23)4;1-3-17-8-6-11(7-9-17)10-16-14(18)12-4-5-13(20-12)21(19)15-2/h8-9,11-13,29H,6-7,10H2,1-5H3;4-5,11,15H,3,6-10H2,1-2H3,(H,16,18). The molecule has 0 saturated carbocycles. The second-order valence-corrected chi connectivity index (χ2v) is 15.8. The lowest BCUT2D eigenvalue weighted by atomic mass is 9.97. The number of amides is 1. The van der Waals surface area contributed by atoms with Crippen LogP contribution < -0.4 is 14.8 Å². The number of halogens is 2. The van der Waals surface area contributed by atoms with Gasteiger partial charge in [0.1, 0.15) is 5.75 Å². The number of hydrogen-bond acceptors (Lipinski definition) is 7. The molecule has 5 aromatic rings. The molecule has 290 valence electrons. The van der Waals surface area contributed by atoms with Crippen LogP contribution in [0.5, 0.6) is 5.75 Å². The Bertz CT molecular complexity index is 2110. The summed E-state index contributed by atoms with van der Waals surface area (Å²) < 4.78 is 27.2. The fourth-order valence-electron chi connectivity index (χ4n) is 6.97. The average molecular weight is 798 g/mol. The summed E-state index contributed by atoms with van der Waals surface area (Å²) in [5, 5.41) is 10.1. The van der Waals surface area contributed by atoms with E-state index in [1.807, 2.05) is 63.7 Å². The highest BCUT2D eigenvalue weighted by atomic mass is 35.5. The van der Waals surface area contributed by atoms with E-state index in [0.717, 1.165) is 106 Å². The van der Waals surface area contributed by atoms with Crippen LogP contribution in [-0.4, -0.2) is 75.9 Å². The van der Waals surface area contributed by atoms with Crippen molar-refractivity contribution in [2.75, 3.05) is 39.8 Å². The van der Waals surface area contributed by atoms with E-state index < -0.39 is 11.0 Å². The number of fused-ring (bicyclic) bond motifs is 1. The van der Waals surface area contributed by atoms with Crippen molar-refractivity contribution in [3.63, 3.8) is 0 Å². The van der Waals surface area contributed by atoms with Gasteiger partial charge in [0, 0.05) is 40.8 Å². The third-order valence-corrected chi connectivity index (χ3v) is 11.9. The van der Waals surface area contributed by atoms with E-state index >= 15 is 0 Å². The lowest BCUT2D eigenvalue weighted by Crippen LogP contribution is -2.38. The summed E-state index contributed by atoms with van der Waals surface area (Å²) in [5.41, 5.74) is 8.21. The van der Waals surface area contributed by atoms with Crippen LogP contribution in [0, 0.1) is 33.6 Å². The lowest BCUT2D eigenvalue weighted by molar-refractivity contribution is 0.0903. The van der Waals surface area contributed by atoms with E-state index in [2.05, 4.69) is 31.9 Å². The van der Waals surface area contributed by atoms with Crippen LogP contribution in [0.3, 0.4) is 0 Å². The van der Waals surface area contributed by atoms with Crippen LogP contribution in [-0.2, 0) is 24.5 Å². The van der Waals surface area contributed by atoms with Gasteiger partial charge in [-0.25, -0.2) is 8.93 Å².